The number of rotatable bonds is 6. The summed E-state index contributed by atoms with van der Waals surface area (Å²) >= 11 is 0. The van der Waals surface area contributed by atoms with Gasteiger partial charge >= 0.3 is 0 Å². The predicted molar refractivity (Wildman–Crippen MR) is 64.7 cm³/mol. The highest BCUT2D eigenvalue weighted by molar-refractivity contribution is 5.44. The fourth-order valence-corrected chi connectivity index (χ4v) is 1.48. The number of hydrogen-bond acceptors (Lipinski definition) is 3. The summed E-state index contributed by atoms with van der Waals surface area (Å²) in [6.45, 7) is 5.41. The first kappa shape index (κ1) is 12.0. The standard InChI is InChI=1S/C12H21N3/c1-10(2)15-7-4-3-5-11-9-14-8-6-12(11)13/h6,8-10,15H,3-5,7H2,1-2H3,(H2,13,14). The zero-order chi connectivity index (χ0) is 11.1. The van der Waals surface area contributed by atoms with Gasteiger partial charge in [0.1, 0.15) is 0 Å². The normalized spacial score (nSPS) is 10.9. The van der Waals surface area contributed by atoms with Crippen LogP contribution in [0, 0.1) is 0 Å². The maximum atomic E-state index is 5.83. The number of nitrogens with zero attached hydrogens (tertiary/aromatic N) is 1. The third kappa shape index (κ3) is 4.79. The van der Waals surface area contributed by atoms with Crippen molar-refractivity contribution in [1.82, 2.24) is 10.3 Å². The molecule has 0 saturated carbocycles. The molecule has 3 N–H and O–H groups in total. The molecule has 1 aromatic heterocycles. The second-order valence-corrected chi connectivity index (χ2v) is 4.14. The van der Waals surface area contributed by atoms with E-state index in [4.69, 9.17) is 5.73 Å². The van der Waals surface area contributed by atoms with E-state index in [1.807, 2.05) is 12.3 Å². The molecule has 15 heavy (non-hydrogen) atoms. The molecule has 1 rings (SSSR count). The van der Waals surface area contributed by atoms with Crippen LogP contribution in [0.1, 0.15) is 32.3 Å². The van der Waals surface area contributed by atoms with E-state index in [2.05, 4.69) is 24.1 Å². The fourth-order valence-electron chi connectivity index (χ4n) is 1.48. The van der Waals surface area contributed by atoms with Gasteiger partial charge in [0.15, 0.2) is 0 Å². The van der Waals surface area contributed by atoms with Crippen molar-refractivity contribution in [3.63, 3.8) is 0 Å². The Morgan fingerprint density at radius 1 is 1.40 bits per heavy atom. The summed E-state index contributed by atoms with van der Waals surface area (Å²) in [4.78, 5) is 4.08. The number of nitrogen functional groups attached to an aromatic ring is 1. The second kappa shape index (κ2) is 6.40. The third-order valence-electron chi connectivity index (χ3n) is 2.37. The molecule has 0 fully saturated rings. The quantitative estimate of drug-likeness (QED) is 0.701. The summed E-state index contributed by atoms with van der Waals surface area (Å²) in [5, 5.41) is 3.40. The Balaban J connectivity index is 2.18. The SMILES string of the molecule is CC(C)NCCCCc1cnccc1N. The average molecular weight is 207 g/mol. The number of pyridine rings is 1. The smallest absolute Gasteiger partial charge is 0.0377 e. The largest absolute Gasteiger partial charge is 0.398 e. The Bertz CT molecular complexity index is 284. The van der Waals surface area contributed by atoms with Crippen LogP contribution in [0.4, 0.5) is 5.69 Å². The molecule has 0 atom stereocenters. The summed E-state index contributed by atoms with van der Waals surface area (Å²) in [6, 6.07) is 2.44. The van der Waals surface area contributed by atoms with E-state index in [0.29, 0.717) is 6.04 Å². The first-order valence-corrected chi connectivity index (χ1v) is 5.62. The minimum atomic E-state index is 0.577. The Labute approximate surface area is 92.1 Å². The Kier molecular flexibility index (Phi) is 5.12. The first-order valence-electron chi connectivity index (χ1n) is 5.62. The zero-order valence-electron chi connectivity index (χ0n) is 9.66. The highest BCUT2D eigenvalue weighted by Crippen LogP contribution is 2.11. The molecule has 3 heteroatoms. The van der Waals surface area contributed by atoms with Crippen LogP contribution in [0.3, 0.4) is 0 Å². The van der Waals surface area contributed by atoms with Crippen molar-refractivity contribution < 1.29 is 0 Å². The van der Waals surface area contributed by atoms with Gasteiger partial charge in [-0.1, -0.05) is 13.8 Å². The molecule has 0 saturated heterocycles. The number of hydrogen-bond donors (Lipinski definition) is 2. The van der Waals surface area contributed by atoms with Gasteiger partial charge in [-0.15, -0.1) is 0 Å². The van der Waals surface area contributed by atoms with Gasteiger partial charge in [-0.2, -0.15) is 0 Å². The van der Waals surface area contributed by atoms with Crippen LogP contribution >= 0.6 is 0 Å². The molecule has 0 aromatic carbocycles. The van der Waals surface area contributed by atoms with Gasteiger partial charge in [0, 0.05) is 24.1 Å². The van der Waals surface area contributed by atoms with Crippen LogP contribution in [-0.4, -0.2) is 17.6 Å². The highest BCUT2D eigenvalue weighted by Gasteiger charge is 1.98. The second-order valence-electron chi connectivity index (χ2n) is 4.14. The van der Waals surface area contributed by atoms with Gasteiger partial charge in [0.05, 0.1) is 0 Å². The predicted octanol–water partition coefficient (Wildman–Crippen LogP) is 1.98. The van der Waals surface area contributed by atoms with Gasteiger partial charge < -0.3 is 11.1 Å². The molecular formula is C12H21N3. The summed E-state index contributed by atoms with van der Waals surface area (Å²) < 4.78 is 0. The number of nitrogens with two attached hydrogens (primary N) is 1. The summed E-state index contributed by atoms with van der Waals surface area (Å²) in [5.74, 6) is 0. The minimum Gasteiger partial charge on any atom is -0.398 e. The summed E-state index contributed by atoms with van der Waals surface area (Å²) in [6.07, 6.45) is 6.98. The van der Waals surface area contributed by atoms with E-state index in [1.54, 1.807) is 6.20 Å². The Morgan fingerprint density at radius 2 is 2.20 bits per heavy atom. The van der Waals surface area contributed by atoms with Crippen molar-refractivity contribution in [2.75, 3.05) is 12.3 Å². The molecule has 0 spiro atoms. The average Bonchev–Trinajstić information content (AvgIpc) is 2.20. The lowest BCUT2D eigenvalue weighted by molar-refractivity contribution is 0.557. The maximum Gasteiger partial charge on any atom is 0.0377 e. The minimum absolute atomic E-state index is 0.577. The molecule has 84 valence electrons. The van der Waals surface area contributed by atoms with E-state index in [0.717, 1.165) is 25.1 Å². The Morgan fingerprint density at radius 3 is 2.87 bits per heavy atom. The number of nitrogens with one attached hydrogen (secondary N) is 1. The molecule has 0 aliphatic rings. The summed E-state index contributed by atoms with van der Waals surface area (Å²) in [5.41, 5.74) is 7.86. The van der Waals surface area contributed by atoms with Crippen LogP contribution < -0.4 is 11.1 Å². The Hall–Kier alpha value is -1.09. The van der Waals surface area contributed by atoms with Crippen LogP contribution in [0.15, 0.2) is 18.5 Å². The third-order valence-corrected chi connectivity index (χ3v) is 2.37. The molecule has 1 heterocycles. The van der Waals surface area contributed by atoms with Crippen LogP contribution in [-0.2, 0) is 6.42 Å². The van der Waals surface area contributed by atoms with E-state index in [1.165, 1.54) is 12.0 Å². The van der Waals surface area contributed by atoms with Gasteiger partial charge in [-0.05, 0) is 37.4 Å². The lowest BCUT2D eigenvalue weighted by Gasteiger charge is -2.08. The van der Waals surface area contributed by atoms with E-state index in [9.17, 15) is 0 Å². The lowest BCUT2D eigenvalue weighted by atomic mass is 10.1. The van der Waals surface area contributed by atoms with Crippen molar-refractivity contribution in [2.45, 2.75) is 39.2 Å². The van der Waals surface area contributed by atoms with Gasteiger partial charge in [-0.25, -0.2) is 0 Å². The number of aromatic nitrogens is 1. The first-order chi connectivity index (χ1) is 7.20. The number of anilines is 1. The molecule has 3 nitrogen and oxygen atoms in total. The van der Waals surface area contributed by atoms with E-state index in [-0.39, 0.29) is 0 Å². The van der Waals surface area contributed by atoms with E-state index < -0.39 is 0 Å². The van der Waals surface area contributed by atoms with E-state index >= 15 is 0 Å². The monoisotopic (exact) mass is 207 g/mol. The van der Waals surface area contributed by atoms with Gasteiger partial charge in [0.2, 0.25) is 0 Å². The zero-order valence-corrected chi connectivity index (χ0v) is 9.66. The van der Waals surface area contributed by atoms with Crippen molar-refractivity contribution in [1.29, 1.82) is 0 Å². The lowest BCUT2D eigenvalue weighted by Crippen LogP contribution is -2.23. The summed E-state index contributed by atoms with van der Waals surface area (Å²) in [7, 11) is 0. The van der Waals surface area contributed by atoms with Crippen molar-refractivity contribution in [3.8, 4) is 0 Å². The molecule has 0 bridgehead atoms. The number of aryl methyl sites for hydroxylation is 1. The van der Waals surface area contributed by atoms with Crippen molar-refractivity contribution in [3.05, 3.63) is 24.0 Å². The molecular weight excluding hydrogens is 186 g/mol. The van der Waals surface area contributed by atoms with Crippen LogP contribution in [0.2, 0.25) is 0 Å². The fraction of sp³-hybridized carbons (Fsp3) is 0.583. The molecule has 0 aliphatic heterocycles. The van der Waals surface area contributed by atoms with Crippen molar-refractivity contribution >= 4 is 5.69 Å². The topological polar surface area (TPSA) is 50.9 Å². The van der Waals surface area contributed by atoms with Crippen molar-refractivity contribution in [2.24, 2.45) is 0 Å². The molecule has 0 amide bonds. The molecule has 1 aromatic rings. The molecule has 0 unspecified atom stereocenters. The van der Waals surface area contributed by atoms with Gasteiger partial charge in [-0.3, -0.25) is 4.98 Å². The number of unbranched alkanes of at least 4 members (excludes halogenated alkanes) is 1. The molecule has 0 aliphatic carbocycles. The maximum absolute atomic E-state index is 5.83. The van der Waals surface area contributed by atoms with Crippen LogP contribution in [0.25, 0.3) is 0 Å². The molecule has 0 radical (unpaired) electrons. The van der Waals surface area contributed by atoms with Gasteiger partial charge in [0.25, 0.3) is 0 Å². The van der Waals surface area contributed by atoms with Crippen LogP contribution in [0.5, 0.6) is 0 Å². The highest BCUT2D eigenvalue weighted by atomic mass is 14.9.